The normalized spacial score (nSPS) is 19.9. The summed E-state index contributed by atoms with van der Waals surface area (Å²) < 4.78 is 2.19. The van der Waals surface area contributed by atoms with Crippen molar-refractivity contribution in [2.45, 2.75) is 33.2 Å². The van der Waals surface area contributed by atoms with Crippen LogP contribution in [-0.4, -0.2) is 64.5 Å². The summed E-state index contributed by atoms with van der Waals surface area (Å²) in [7, 11) is 2.09. The monoisotopic (exact) mass is 445 g/mol. The molecule has 3 aromatic rings. The predicted molar refractivity (Wildman–Crippen MR) is 133 cm³/mol. The van der Waals surface area contributed by atoms with Gasteiger partial charge >= 0.3 is 0 Å². The first-order valence-corrected chi connectivity index (χ1v) is 12.2. The third-order valence-electron chi connectivity index (χ3n) is 7.45. The first kappa shape index (κ1) is 22.0. The van der Waals surface area contributed by atoms with Gasteiger partial charge in [-0.25, -0.2) is 4.98 Å². The van der Waals surface area contributed by atoms with E-state index in [-0.39, 0.29) is 5.92 Å². The van der Waals surface area contributed by atoms with Gasteiger partial charge in [-0.2, -0.15) is 0 Å². The maximum absolute atomic E-state index is 13.4. The van der Waals surface area contributed by atoms with E-state index in [4.69, 9.17) is 4.98 Å². The number of para-hydroxylation sites is 3. The second kappa shape index (κ2) is 9.18. The van der Waals surface area contributed by atoms with Gasteiger partial charge < -0.3 is 14.4 Å². The highest BCUT2D eigenvalue weighted by Gasteiger charge is 2.32. The maximum Gasteiger partial charge on any atom is 0.227 e. The Balaban J connectivity index is 1.20. The molecule has 2 saturated heterocycles. The van der Waals surface area contributed by atoms with Crippen LogP contribution in [0.25, 0.3) is 11.0 Å². The molecule has 0 N–H and O–H groups in total. The molecule has 6 nitrogen and oxygen atoms in total. The number of piperidine rings is 1. The van der Waals surface area contributed by atoms with Gasteiger partial charge in [-0.1, -0.05) is 30.3 Å². The van der Waals surface area contributed by atoms with Crippen LogP contribution < -0.4 is 4.90 Å². The predicted octanol–water partition coefficient (Wildman–Crippen LogP) is 3.75. The maximum atomic E-state index is 13.4. The molecular weight excluding hydrogens is 410 g/mol. The second-order valence-corrected chi connectivity index (χ2v) is 9.70. The van der Waals surface area contributed by atoms with E-state index in [0.29, 0.717) is 5.91 Å². The van der Waals surface area contributed by atoms with Crippen molar-refractivity contribution < 1.29 is 4.79 Å². The minimum atomic E-state index is 0.0974. The van der Waals surface area contributed by atoms with E-state index < -0.39 is 0 Å². The number of hydrogen-bond donors (Lipinski definition) is 0. The molecule has 6 heteroatoms. The van der Waals surface area contributed by atoms with Gasteiger partial charge in [-0.3, -0.25) is 9.69 Å². The summed E-state index contributed by atoms with van der Waals surface area (Å²) in [5.41, 5.74) is 6.19. The molecule has 0 radical (unpaired) electrons. The fourth-order valence-electron chi connectivity index (χ4n) is 5.65. The van der Waals surface area contributed by atoms with Crippen molar-refractivity contribution in [3.05, 3.63) is 59.4 Å². The van der Waals surface area contributed by atoms with Gasteiger partial charge in [0.25, 0.3) is 0 Å². The standard InChI is InChI=1S/C27H35N5O/c1-20-8-6-9-21(2)26(20)31-14-16-32(17-15-31)27(33)22-10-7-13-30(18-22)19-25-28-23-11-4-5-12-24(23)29(25)3/h4-6,8-9,11-12,22H,7,10,13-19H2,1-3H3/t22-/m1/s1. The average molecular weight is 446 g/mol. The first-order valence-electron chi connectivity index (χ1n) is 12.2. The largest absolute Gasteiger partial charge is 0.368 e. The van der Waals surface area contributed by atoms with E-state index in [9.17, 15) is 4.79 Å². The molecule has 0 saturated carbocycles. The second-order valence-electron chi connectivity index (χ2n) is 9.70. The summed E-state index contributed by atoms with van der Waals surface area (Å²) in [5, 5.41) is 0. The van der Waals surface area contributed by atoms with E-state index in [0.717, 1.165) is 70.0 Å². The molecule has 5 rings (SSSR count). The van der Waals surface area contributed by atoms with E-state index in [2.05, 4.69) is 76.6 Å². The first-order chi connectivity index (χ1) is 16.0. The number of fused-ring (bicyclic) bond motifs is 1. The van der Waals surface area contributed by atoms with E-state index in [1.165, 1.54) is 22.3 Å². The molecule has 174 valence electrons. The topological polar surface area (TPSA) is 44.6 Å². The number of aryl methyl sites for hydroxylation is 3. The van der Waals surface area contributed by atoms with Gasteiger partial charge in [0.2, 0.25) is 5.91 Å². The van der Waals surface area contributed by atoms with Crippen LogP contribution in [0.4, 0.5) is 5.69 Å². The lowest BCUT2D eigenvalue weighted by molar-refractivity contribution is -0.137. The summed E-state index contributed by atoms with van der Waals surface area (Å²) in [6, 6.07) is 14.8. The molecule has 1 atom stereocenters. The summed E-state index contributed by atoms with van der Waals surface area (Å²) >= 11 is 0. The number of benzene rings is 2. The highest BCUT2D eigenvalue weighted by atomic mass is 16.2. The molecule has 2 aromatic carbocycles. The molecule has 1 aromatic heterocycles. The Morgan fingerprint density at radius 1 is 0.970 bits per heavy atom. The zero-order valence-corrected chi connectivity index (χ0v) is 20.1. The smallest absolute Gasteiger partial charge is 0.227 e. The lowest BCUT2D eigenvalue weighted by Gasteiger charge is -2.40. The molecule has 0 unspecified atom stereocenters. The van der Waals surface area contributed by atoms with Crippen LogP contribution in [0.3, 0.4) is 0 Å². The van der Waals surface area contributed by atoms with Crippen molar-refractivity contribution in [2.75, 3.05) is 44.2 Å². The van der Waals surface area contributed by atoms with Gasteiger partial charge in [0, 0.05) is 45.5 Å². The zero-order valence-electron chi connectivity index (χ0n) is 20.1. The Hall–Kier alpha value is -2.86. The van der Waals surface area contributed by atoms with E-state index >= 15 is 0 Å². The lowest BCUT2D eigenvalue weighted by atomic mass is 9.96. The SMILES string of the molecule is Cc1cccc(C)c1N1CCN(C(=O)[C@@H]2CCCN(Cc3nc4ccccc4n3C)C2)CC1. The molecular formula is C27H35N5O. The summed E-state index contributed by atoms with van der Waals surface area (Å²) in [5.74, 6) is 1.51. The van der Waals surface area contributed by atoms with Crippen LogP contribution >= 0.6 is 0 Å². The highest BCUT2D eigenvalue weighted by molar-refractivity contribution is 5.79. The van der Waals surface area contributed by atoms with Crippen molar-refractivity contribution in [3.8, 4) is 0 Å². The van der Waals surface area contributed by atoms with Gasteiger partial charge in [-0.15, -0.1) is 0 Å². The number of hydrogen-bond acceptors (Lipinski definition) is 4. The molecule has 33 heavy (non-hydrogen) atoms. The fraction of sp³-hybridized carbons (Fsp3) is 0.481. The number of anilines is 1. The van der Waals surface area contributed by atoms with Crippen LogP contribution in [0, 0.1) is 19.8 Å². The van der Waals surface area contributed by atoms with Crippen molar-refractivity contribution in [1.29, 1.82) is 0 Å². The van der Waals surface area contributed by atoms with E-state index in [1.807, 2.05) is 6.07 Å². The Morgan fingerprint density at radius 3 is 2.42 bits per heavy atom. The quantitative estimate of drug-likeness (QED) is 0.614. The number of carbonyl (C=O) groups is 1. The number of likely N-dealkylation sites (tertiary alicyclic amines) is 1. The minimum absolute atomic E-state index is 0.0974. The van der Waals surface area contributed by atoms with Crippen LogP contribution in [0.15, 0.2) is 42.5 Å². The number of carbonyl (C=O) groups excluding carboxylic acids is 1. The number of aromatic nitrogens is 2. The minimum Gasteiger partial charge on any atom is -0.368 e. The average Bonchev–Trinajstić information content (AvgIpc) is 3.14. The molecule has 2 aliphatic rings. The van der Waals surface area contributed by atoms with Gasteiger partial charge in [0.1, 0.15) is 5.82 Å². The zero-order chi connectivity index (χ0) is 22.9. The van der Waals surface area contributed by atoms with Crippen molar-refractivity contribution in [3.63, 3.8) is 0 Å². The third kappa shape index (κ3) is 4.36. The molecule has 0 bridgehead atoms. The number of rotatable bonds is 4. The molecule has 2 fully saturated rings. The van der Waals surface area contributed by atoms with Crippen LogP contribution in [-0.2, 0) is 18.4 Å². The van der Waals surface area contributed by atoms with E-state index in [1.54, 1.807) is 0 Å². The summed E-state index contributed by atoms with van der Waals surface area (Å²) in [4.78, 5) is 25.2. The molecule has 2 aliphatic heterocycles. The number of amides is 1. The van der Waals surface area contributed by atoms with Crippen LogP contribution in [0.5, 0.6) is 0 Å². The Bertz CT molecular complexity index is 1120. The van der Waals surface area contributed by atoms with Gasteiger partial charge in [0.15, 0.2) is 0 Å². The molecule has 0 spiro atoms. The number of nitrogens with zero attached hydrogens (tertiary/aromatic N) is 5. The number of imidazole rings is 1. The Kier molecular flexibility index (Phi) is 6.11. The van der Waals surface area contributed by atoms with Gasteiger partial charge in [0.05, 0.1) is 23.5 Å². The fourth-order valence-corrected chi connectivity index (χ4v) is 5.65. The Labute approximate surface area is 196 Å². The lowest BCUT2D eigenvalue weighted by Crippen LogP contribution is -2.52. The molecule has 1 amide bonds. The van der Waals surface area contributed by atoms with Crippen molar-refractivity contribution in [2.24, 2.45) is 13.0 Å². The Morgan fingerprint density at radius 2 is 1.70 bits per heavy atom. The van der Waals surface area contributed by atoms with Crippen molar-refractivity contribution >= 4 is 22.6 Å². The summed E-state index contributed by atoms with van der Waals surface area (Å²) in [6.07, 6.45) is 2.07. The summed E-state index contributed by atoms with van der Waals surface area (Å²) in [6.45, 7) is 10.5. The van der Waals surface area contributed by atoms with Crippen LogP contribution in [0.1, 0.15) is 29.8 Å². The van der Waals surface area contributed by atoms with Crippen LogP contribution in [0.2, 0.25) is 0 Å². The molecule has 3 heterocycles. The highest BCUT2D eigenvalue weighted by Crippen LogP contribution is 2.27. The van der Waals surface area contributed by atoms with Gasteiger partial charge in [-0.05, 0) is 56.5 Å². The number of piperazine rings is 1. The molecule has 0 aliphatic carbocycles. The van der Waals surface area contributed by atoms with Crippen molar-refractivity contribution in [1.82, 2.24) is 19.4 Å². The third-order valence-corrected chi connectivity index (χ3v) is 7.45.